The van der Waals surface area contributed by atoms with Gasteiger partial charge in [-0.25, -0.2) is 4.98 Å². The highest BCUT2D eigenvalue weighted by Gasteiger charge is 2.46. The zero-order valence-corrected chi connectivity index (χ0v) is 16.3. The lowest BCUT2D eigenvalue weighted by Crippen LogP contribution is -2.30. The summed E-state index contributed by atoms with van der Waals surface area (Å²) >= 11 is 0. The molecule has 0 amide bonds. The Balaban J connectivity index is 1.85. The van der Waals surface area contributed by atoms with E-state index in [0.717, 1.165) is 0 Å². The normalized spacial score (nSPS) is 12.4. The van der Waals surface area contributed by atoms with E-state index >= 15 is 0 Å². The average Bonchev–Trinajstić information content (AvgIpc) is 3.08. The maximum absolute atomic E-state index is 12.8. The number of fused-ring (bicyclic) bond motifs is 3. The molecule has 156 valence electrons. The number of sulfonamides is 1. The smallest absolute Gasteiger partial charge is 0.480 e. The third-order valence-corrected chi connectivity index (χ3v) is 5.41. The minimum Gasteiger partial charge on any atom is -0.480 e. The van der Waals surface area contributed by atoms with Crippen LogP contribution in [0.5, 0.6) is 5.88 Å². The van der Waals surface area contributed by atoms with E-state index in [1.165, 1.54) is 24.1 Å². The minimum absolute atomic E-state index is 0.300. The summed E-state index contributed by atoms with van der Waals surface area (Å²) in [7, 11) is -4.48. The molecule has 0 atom stereocenters. The van der Waals surface area contributed by atoms with Crippen molar-refractivity contribution in [2.45, 2.75) is 12.4 Å². The van der Waals surface area contributed by atoms with Crippen molar-refractivity contribution in [3.8, 4) is 17.0 Å². The quantitative estimate of drug-likeness (QED) is 0.521. The molecular formula is C17H13F3N6O3S. The molecule has 0 saturated carbocycles. The first kappa shape index (κ1) is 19.8. The number of aromatic nitrogens is 5. The fraction of sp³-hybridized carbons (Fsp3) is 0.176. The predicted octanol–water partition coefficient (Wildman–Crippen LogP) is 2.92. The Bertz CT molecular complexity index is 1390. The van der Waals surface area contributed by atoms with Crippen molar-refractivity contribution < 1.29 is 26.3 Å². The molecule has 0 saturated heterocycles. The van der Waals surface area contributed by atoms with E-state index in [0.29, 0.717) is 33.6 Å². The van der Waals surface area contributed by atoms with Crippen molar-refractivity contribution >= 4 is 32.4 Å². The molecule has 9 nitrogen and oxygen atoms in total. The van der Waals surface area contributed by atoms with Crippen LogP contribution in [-0.4, -0.2) is 45.6 Å². The molecule has 4 rings (SSSR count). The van der Waals surface area contributed by atoms with Crippen LogP contribution < -0.4 is 9.46 Å². The molecule has 0 aliphatic rings. The third-order valence-electron chi connectivity index (χ3n) is 4.31. The van der Waals surface area contributed by atoms with Crippen molar-refractivity contribution in [2.75, 3.05) is 11.8 Å². The highest BCUT2D eigenvalue weighted by atomic mass is 32.2. The summed E-state index contributed by atoms with van der Waals surface area (Å²) in [5.41, 5.74) is -3.16. The standard InChI is InChI=1S/C17H13F3N6O3S/c1-9-23-24-15-8-21-12-4-3-10(6-14(12)26(9)15)11-5-13(16(29-2)22-7-11)25-30(27,28)17(18,19)20/h3-8,25H,1-2H3. The SMILES string of the molecule is COc1ncc(-c2ccc3ncc4nnc(C)n4c3c2)cc1NS(=O)(=O)C(F)(F)F. The predicted molar refractivity (Wildman–Crippen MR) is 101 cm³/mol. The number of hydrogen-bond donors (Lipinski definition) is 1. The van der Waals surface area contributed by atoms with Gasteiger partial charge in [-0.1, -0.05) is 6.07 Å². The maximum atomic E-state index is 12.8. The van der Waals surface area contributed by atoms with Crippen LogP contribution in [0.25, 0.3) is 27.8 Å². The lowest BCUT2D eigenvalue weighted by Gasteiger charge is -2.14. The molecule has 30 heavy (non-hydrogen) atoms. The van der Waals surface area contributed by atoms with Gasteiger partial charge in [-0.15, -0.1) is 10.2 Å². The molecule has 0 aliphatic heterocycles. The number of rotatable bonds is 4. The lowest BCUT2D eigenvalue weighted by molar-refractivity contribution is -0.0429. The van der Waals surface area contributed by atoms with Gasteiger partial charge in [0.15, 0.2) is 5.65 Å². The minimum atomic E-state index is -5.64. The lowest BCUT2D eigenvalue weighted by atomic mass is 10.1. The van der Waals surface area contributed by atoms with Gasteiger partial charge in [0.05, 0.1) is 24.3 Å². The summed E-state index contributed by atoms with van der Waals surface area (Å²) in [4.78, 5) is 8.23. The van der Waals surface area contributed by atoms with E-state index in [-0.39, 0.29) is 5.88 Å². The molecular weight excluding hydrogens is 425 g/mol. The first-order valence-electron chi connectivity index (χ1n) is 8.35. The average molecular weight is 438 g/mol. The van der Waals surface area contributed by atoms with Crippen LogP contribution in [-0.2, 0) is 10.0 Å². The van der Waals surface area contributed by atoms with E-state index in [4.69, 9.17) is 4.74 Å². The fourth-order valence-electron chi connectivity index (χ4n) is 2.93. The number of nitrogens with one attached hydrogen (secondary N) is 1. The monoisotopic (exact) mass is 438 g/mol. The molecule has 4 aromatic rings. The van der Waals surface area contributed by atoms with Crippen LogP contribution in [0.2, 0.25) is 0 Å². The number of methoxy groups -OCH3 is 1. The number of anilines is 1. The topological polar surface area (TPSA) is 111 Å². The molecule has 1 aromatic carbocycles. The van der Waals surface area contributed by atoms with E-state index in [9.17, 15) is 21.6 Å². The molecule has 0 unspecified atom stereocenters. The first-order valence-corrected chi connectivity index (χ1v) is 9.83. The molecule has 0 bridgehead atoms. The van der Waals surface area contributed by atoms with Gasteiger partial charge in [-0.3, -0.25) is 14.1 Å². The Morgan fingerprint density at radius 3 is 2.53 bits per heavy atom. The molecule has 0 radical (unpaired) electrons. The van der Waals surface area contributed by atoms with Gasteiger partial charge < -0.3 is 4.74 Å². The van der Waals surface area contributed by atoms with Crippen molar-refractivity contribution in [2.24, 2.45) is 0 Å². The zero-order valence-electron chi connectivity index (χ0n) is 15.5. The van der Waals surface area contributed by atoms with Gasteiger partial charge in [-0.05, 0) is 30.7 Å². The fourth-order valence-corrected chi connectivity index (χ4v) is 3.48. The summed E-state index contributed by atoms with van der Waals surface area (Å²) in [6.45, 7) is 1.77. The zero-order chi connectivity index (χ0) is 21.7. The summed E-state index contributed by atoms with van der Waals surface area (Å²) in [5, 5.41) is 8.02. The molecule has 13 heteroatoms. The van der Waals surface area contributed by atoms with Crippen LogP contribution >= 0.6 is 0 Å². The number of ether oxygens (including phenoxy) is 1. The van der Waals surface area contributed by atoms with Crippen LogP contribution in [0, 0.1) is 6.92 Å². The third kappa shape index (κ3) is 3.26. The van der Waals surface area contributed by atoms with E-state index in [2.05, 4.69) is 20.2 Å². The van der Waals surface area contributed by atoms with Crippen molar-refractivity contribution in [1.82, 2.24) is 24.6 Å². The molecule has 3 aromatic heterocycles. The highest BCUT2D eigenvalue weighted by Crippen LogP contribution is 2.33. The summed E-state index contributed by atoms with van der Waals surface area (Å²) in [6, 6.07) is 6.35. The number of aryl methyl sites for hydroxylation is 1. The molecule has 0 fully saturated rings. The second-order valence-corrected chi connectivity index (χ2v) is 7.91. The van der Waals surface area contributed by atoms with Crippen molar-refractivity contribution in [1.29, 1.82) is 0 Å². The van der Waals surface area contributed by atoms with E-state index < -0.39 is 21.2 Å². The second-order valence-electron chi connectivity index (χ2n) is 6.23. The highest BCUT2D eigenvalue weighted by molar-refractivity contribution is 7.93. The number of benzene rings is 1. The Morgan fingerprint density at radius 1 is 1.07 bits per heavy atom. The molecule has 0 aliphatic carbocycles. The van der Waals surface area contributed by atoms with E-state index in [1.807, 2.05) is 0 Å². The Labute approximate surface area is 167 Å². The number of nitrogens with zero attached hydrogens (tertiary/aromatic N) is 5. The van der Waals surface area contributed by atoms with Gasteiger partial charge in [-0.2, -0.15) is 21.6 Å². The number of halogens is 3. The second kappa shape index (κ2) is 6.79. The number of alkyl halides is 3. The first-order chi connectivity index (χ1) is 14.1. The Morgan fingerprint density at radius 2 is 1.83 bits per heavy atom. The maximum Gasteiger partial charge on any atom is 0.516 e. The Kier molecular flexibility index (Phi) is 4.49. The van der Waals surface area contributed by atoms with Crippen LogP contribution in [0.3, 0.4) is 0 Å². The summed E-state index contributed by atoms with van der Waals surface area (Å²) in [5.74, 6) is 0.326. The van der Waals surface area contributed by atoms with E-state index in [1.54, 1.807) is 35.7 Å². The number of hydrogen-bond acceptors (Lipinski definition) is 7. The van der Waals surface area contributed by atoms with Gasteiger partial charge in [0.1, 0.15) is 11.5 Å². The van der Waals surface area contributed by atoms with Crippen LogP contribution in [0.4, 0.5) is 18.9 Å². The van der Waals surface area contributed by atoms with Crippen LogP contribution in [0.1, 0.15) is 5.82 Å². The Hall–Kier alpha value is -3.48. The van der Waals surface area contributed by atoms with Gasteiger partial charge in [0.25, 0.3) is 0 Å². The van der Waals surface area contributed by atoms with Gasteiger partial charge >= 0.3 is 15.5 Å². The molecule has 3 heterocycles. The largest absolute Gasteiger partial charge is 0.516 e. The number of pyridine rings is 1. The molecule has 1 N–H and O–H groups in total. The van der Waals surface area contributed by atoms with Crippen LogP contribution in [0.15, 0.2) is 36.7 Å². The van der Waals surface area contributed by atoms with Crippen molar-refractivity contribution in [3.05, 3.63) is 42.5 Å². The van der Waals surface area contributed by atoms with Gasteiger partial charge in [0.2, 0.25) is 5.88 Å². The molecule has 0 spiro atoms. The summed E-state index contributed by atoms with van der Waals surface area (Å²) < 4.78 is 69.5. The van der Waals surface area contributed by atoms with Gasteiger partial charge in [0, 0.05) is 11.8 Å². The van der Waals surface area contributed by atoms with Crippen molar-refractivity contribution in [3.63, 3.8) is 0 Å². The summed E-state index contributed by atoms with van der Waals surface area (Å²) in [6.07, 6.45) is 2.93.